The molecule has 0 aromatic carbocycles. The molecule has 2 saturated carbocycles. The van der Waals surface area contributed by atoms with Crippen LogP contribution in [0.1, 0.15) is 28.9 Å². The summed E-state index contributed by atoms with van der Waals surface area (Å²) in [7, 11) is 0. The second-order valence-electron chi connectivity index (χ2n) is 4.98. The quantitative estimate of drug-likeness (QED) is 0.843. The van der Waals surface area contributed by atoms with Gasteiger partial charge in [0.2, 0.25) is 0 Å². The SMILES string of the molecule is O=C(NC1C2CCC(C2)C1C(=O)O)c1cnns1. The lowest BCUT2D eigenvalue weighted by molar-refractivity contribution is -0.144. The van der Waals surface area contributed by atoms with E-state index in [-0.39, 0.29) is 17.9 Å². The molecule has 1 aromatic heterocycles. The molecule has 1 amide bonds. The van der Waals surface area contributed by atoms with Crippen LogP contribution in [0, 0.1) is 17.8 Å². The van der Waals surface area contributed by atoms with Gasteiger partial charge >= 0.3 is 5.97 Å². The Hall–Kier alpha value is -1.50. The lowest BCUT2D eigenvalue weighted by Gasteiger charge is -2.28. The third-order valence-electron chi connectivity index (χ3n) is 4.08. The lowest BCUT2D eigenvalue weighted by atomic mass is 9.84. The molecule has 0 saturated heterocycles. The molecule has 18 heavy (non-hydrogen) atoms. The number of aliphatic carboxylic acids is 1. The van der Waals surface area contributed by atoms with E-state index in [1.165, 1.54) is 6.20 Å². The van der Waals surface area contributed by atoms with Crippen LogP contribution in [0.5, 0.6) is 0 Å². The highest BCUT2D eigenvalue weighted by Gasteiger charge is 2.51. The van der Waals surface area contributed by atoms with E-state index in [0.29, 0.717) is 10.8 Å². The van der Waals surface area contributed by atoms with Crippen LogP contribution in [0.2, 0.25) is 0 Å². The van der Waals surface area contributed by atoms with Crippen LogP contribution < -0.4 is 5.32 Å². The summed E-state index contributed by atoms with van der Waals surface area (Å²) in [5, 5.41) is 15.7. The van der Waals surface area contributed by atoms with Gasteiger partial charge < -0.3 is 10.4 Å². The van der Waals surface area contributed by atoms with E-state index in [9.17, 15) is 14.7 Å². The Balaban J connectivity index is 1.75. The van der Waals surface area contributed by atoms with Crippen LogP contribution in [0.25, 0.3) is 0 Å². The number of aromatic nitrogens is 2. The van der Waals surface area contributed by atoms with Crippen molar-refractivity contribution in [2.45, 2.75) is 25.3 Å². The van der Waals surface area contributed by atoms with E-state index < -0.39 is 11.9 Å². The Morgan fingerprint density at radius 1 is 1.39 bits per heavy atom. The predicted molar refractivity (Wildman–Crippen MR) is 63.1 cm³/mol. The number of nitrogens with one attached hydrogen (secondary N) is 1. The molecule has 4 atom stereocenters. The predicted octanol–water partition coefficient (Wildman–Crippen LogP) is 0.767. The van der Waals surface area contributed by atoms with Gasteiger partial charge in [0.25, 0.3) is 5.91 Å². The third-order valence-corrected chi connectivity index (χ3v) is 4.75. The molecule has 2 bridgehead atoms. The third kappa shape index (κ3) is 1.78. The number of amides is 1. The molecule has 1 aromatic rings. The molecule has 3 rings (SSSR count). The number of carboxylic acids is 1. The number of fused-ring (bicyclic) bond motifs is 2. The molecule has 0 radical (unpaired) electrons. The summed E-state index contributed by atoms with van der Waals surface area (Å²) in [4.78, 5) is 23.7. The smallest absolute Gasteiger partial charge is 0.308 e. The summed E-state index contributed by atoms with van der Waals surface area (Å²) in [6.45, 7) is 0. The molecule has 7 heteroatoms. The van der Waals surface area contributed by atoms with E-state index in [0.717, 1.165) is 30.8 Å². The average molecular weight is 267 g/mol. The number of hydrogen-bond acceptors (Lipinski definition) is 5. The Morgan fingerprint density at radius 2 is 2.17 bits per heavy atom. The van der Waals surface area contributed by atoms with E-state index in [1.807, 2.05) is 0 Å². The summed E-state index contributed by atoms with van der Waals surface area (Å²) in [5.41, 5.74) is 0. The number of nitrogens with zero attached hydrogens (tertiary/aromatic N) is 2. The van der Waals surface area contributed by atoms with Gasteiger partial charge in [-0.1, -0.05) is 4.49 Å². The minimum Gasteiger partial charge on any atom is -0.481 e. The number of carbonyl (C=O) groups is 2. The van der Waals surface area contributed by atoms with Gasteiger partial charge in [-0.2, -0.15) is 0 Å². The van der Waals surface area contributed by atoms with Gasteiger partial charge in [0, 0.05) is 6.04 Å². The number of carboxylic acid groups (broad SMARTS) is 1. The minimum absolute atomic E-state index is 0.220. The molecular formula is C11H13N3O3S. The van der Waals surface area contributed by atoms with Crippen LogP contribution in [0.15, 0.2) is 6.20 Å². The molecular weight excluding hydrogens is 254 g/mol. The second-order valence-corrected chi connectivity index (χ2v) is 5.76. The van der Waals surface area contributed by atoms with E-state index >= 15 is 0 Å². The first kappa shape index (κ1) is 11.6. The van der Waals surface area contributed by atoms with Crippen molar-refractivity contribution < 1.29 is 14.7 Å². The van der Waals surface area contributed by atoms with Crippen LogP contribution >= 0.6 is 11.5 Å². The van der Waals surface area contributed by atoms with Crippen molar-refractivity contribution in [2.75, 3.05) is 0 Å². The molecule has 4 unspecified atom stereocenters. The maximum atomic E-state index is 11.9. The van der Waals surface area contributed by atoms with Crippen molar-refractivity contribution >= 4 is 23.4 Å². The normalized spacial score (nSPS) is 33.6. The van der Waals surface area contributed by atoms with Crippen LogP contribution in [0.4, 0.5) is 0 Å². The van der Waals surface area contributed by atoms with Crippen LogP contribution in [-0.4, -0.2) is 32.6 Å². The molecule has 96 valence electrons. The molecule has 2 aliphatic carbocycles. The highest BCUT2D eigenvalue weighted by molar-refractivity contribution is 7.07. The van der Waals surface area contributed by atoms with Crippen LogP contribution in [-0.2, 0) is 4.79 Å². The molecule has 0 aliphatic heterocycles. The van der Waals surface area contributed by atoms with Crippen molar-refractivity contribution in [3.8, 4) is 0 Å². The highest BCUT2D eigenvalue weighted by atomic mass is 32.1. The van der Waals surface area contributed by atoms with Gasteiger partial charge in [0.15, 0.2) is 0 Å². The molecule has 6 nitrogen and oxygen atoms in total. The second kappa shape index (κ2) is 4.31. The van der Waals surface area contributed by atoms with Crippen molar-refractivity contribution in [3.63, 3.8) is 0 Å². The van der Waals surface area contributed by atoms with E-state index in [4.69, 9.17) is 0 Å². The summed E-state index contributed by atoms with van der Waals surface area (Å²) in [5.74, 6) is -0.962. The van der Waals surface area contributed by atoms with Crippen molar-refractivity contribution in [2.24, 2.45) is 17.8 Å². The van der Waals surface area contributed by atoms with E-state index in [1.54, 1.807) is 0 Å². The van der Waals surface area contributed by atoms with E-state index in [2.05, 4.69) is 14.9 Å². The van der Waals surface area contributed by atoms with Crippen molar-refractivity contribution in [1.82, 2.24) is 14.9 Å². The number of hydrogen-bond donors (Lipinski definition) is 2. The minimum atomic E-state index is -0.796. The summed E-state index contributed by atoms with van der Waals surface area (Å²) in [6.07, 6.45) is 4.31. The lowest BCUT2D eigenvalue weighted by Crippen LogP contribution is -2.46. The maximum Gasteiger partial charge on any atom is 0.308 e. The zero-order valence-electron chi connectivity index (χ0n) is 9.57. The van der Waals surface area contributed by atoms with Crippen molar-refractivity contribution in [3.05, 3.63) is 11.1 Å². The van der Waals surface area contributed by atoms with Gasteiger partial charge in [-0.25, -0.2) is 0 Å². The van der Waals surface area contributed by atoms with Gasteiger partial charge in [0.1, 0.15) is 4.88 Å². The average Bonchev–Trinajstić information content (AvgIpc) is 3.05. The molecule has 2 fully saturated rings. The highest BCUT2D eigenvalue weighted by Crippen LogP contribution is 2.48. The maximum absolute atomic E-state index is 11.9. The summed E-state index contributed by atoms with van der Waals surface area (Å²) in [6, 6.07) is -0.240. The molecule has 2 aliphatic rings. The zero-order valence-corrected chi connectivity index (χ0v) is 10.4. The van der Waals surface area contributed by atoms with Gasteiger partial charge in [-0.3, -0.25) is 9.59 Å². The molecule has 1 heterocycles. The first-order valence-electron chi connectivity index (χ1n) is 5.98. The fraction of sp³-hybridized carbons (Fsp3) is 0.636. The first-order valence-corrected chi connectivity index (χ1v) is 6.75. The largest absolute Gasteiger partial charge is 0.481 e. The van der Waals surface area contributed by atoms with Crippen LogP contribution in [0.3, 0.4) is 0 Å². The Bertz CT molecular complexity index is 476. The summed E-state index contributed by atoms with van der Waals surface area (Å²) < 4.78 is 3.63. The standard InChI is InChI=1S/C11H13N3O3S/c15-10(7-4-12-14-18-7)13-9-6-2-1-5(3-6)8(9)11(16)17/h4-6,8-9H,1-3H2,(H,13,15)(H,16,17). The van der Waals surface area contributed by atoms with Gasteiger partial charge in [-0.05, 0) is 42.6 Å². The van der Waals surface area contributed by atoms with Gasteiger partial charge in [-0.15, -0.1) is 5.10 Å². The Morgan fingerprint density at radius 3 is 2.83 bits per heavy atom. The number of carbonyl (C=O) groups excluding carboxylic acids is 1. The Kier molecular flexibility index (Phi) is 2.77. The van der Waals surface area contributed by atoms with Crippen molar-refractivity contribution in [1.29, 1.82) is 0 Å². The zero-order chi connectivity index (χ0) is 12.7. The first-order chi connectivity index (χ1) is 8.66. The molecule has 2 N–H and O–H groups in total. The fourth-order valence-electron chi connectivity index (χ4n) is 3.34. The molecule has 0 spiro atoms. The fourth-order valence-corrected chi connectivity index (χ4v) is 3.76. The Labute approximate surface area is 108 Å². The summed E-state index contributed by atoms with van der Waals surface area (Å²) >= 11 is 1.02. The number of rotatable bonds is 3. The topological polar surface area (TPSA) is 92.2 Å². The van der Waals surface area contributed by atoms with Gasteiger partial charge in [0.05, 0.1) is 12.1 Å². The monoisotopic (exact) mass is 267 g/mol.